The van der Waals surface area contributed by atoms with Crippen molar-refractivity contribution in [1.29, 1.82) is 0 Å². The average molecular weight is 157 g/mol. The van der Waals surface area contributed by atoms with Crippen molar-refractivity contribution < 1.29 is 0 Å². The van der Waals surface area contributed by atoms with Crippen LogP contribution in [0.15, 0.2) is 0 Å². The van der Waals surface area contributed by atoms with Gasteiger partial charge in [-0.3, -0.25) is 0 Å². The van der Waals surface area contributed by atoms with Crippen molar-refractivity contribution >= 4 is 0 Å². The van der Waals surface area contributed by atoms with E-state index < -0.39 is 0 Å². The van der Waals surface area contributed by atoms with Crippen molar-refractivity contribution in [3.8, 4) is 0 Å². The lowest BCUT2D eigenvalue weighted by molar-refractivity contribution is 0.246. The maximum Gasteiger partial charge on any atom is 0.000600 e. The third kappa shape index (κ3) is 4.41. The van der Waals surface area contributed by atoms with Gasteiger partial charge in [0.05, 0.1) is 0 Å². The molecule has 68 valence electrons. The molecule has 0 aliphatic carbocycles. The number of nitrogens with zero attached hydrogens (tertiary/aromatic N) is 1. The highest BCUT2D eigenvalue weighted by Gasteiger charge is 2.13. The lowest BCUT2D eigenvalue weighted by Crippen LogP contribution is -2.25. The summed E-state index contributed by atoms with van der Waals surface area (Å²) >= 11 is 0. The zero-order valence-electron chi connectivity index (χ0n) is 8.72. The normalized spacial score (nSPS) is 16.9. The molecule has 0 aliphatic rings. The summed E-state index contributed by atoms with van der Waals surface area (Å²) in [7, 11) is 4.32. The zero-order valence-corrected chi connectivity index (χ0v) is 8.72. The van der Waals surface area contributed by atoms with Crippen LogP contribution in [-0.4, -0.2) is 25.5 Å². The first-order valence-electron chi connectivity index (χ1n) is 4.76. The standard InChI is InChI=1S/C10H23N/c1-6-9(3)10(7-2)8-11(4)5/h9-10H,6-8H2,1-5H3/t9?,10-/m1/s1. The molecule has 11 heavy (non-hydrogen) atoms. The number of rotatable bonds is 5. The summed E-state index contributed by atoms with van der Waals surface area (Å²) in [5, 5.41) is 0. The van der Waals surface area contributed by atoms with Gasteiger partial charge in [-0.05, 0) is 25.9 Å². The fourth-order valence-electron chi connectivity index (χ4n) is 1.51. The summed E-state index contributed by atoms with van der Waals surface area (Å²) in [6.07, 6.45) is 2.62. The Morgan fingerprint density at radius 3 is 1.91 bits per heavy atom. The summed E-state index contributed by atoms with van der Waals surface area (Å²) in [4.78, 5) is 2.29. The molecule has 0 N–H and O–H groups in total. The molecule has 0 spiro atoms. The largest absolute Gasteiger partial charge is 0.309 e. The van der Waals surface area contributed by atoms with E-state index in [-0.39, 0.29) is 0 Å². The van der Waals surface area contributed by atoms with Crippen LogP contribution in [0.3, 0.4) is 0 Å². The van der Waals surface area contributed by atoms with E-state index in [2.05, 4.69) is 39.8 Å². The van der Waals surface area contributed by atoms with Crippen LogP contribution in [-0.2, 0) is 0 Å². The lowest BCUT2D eigenvalue weighted by Gasteiger charge is -2.24. The topological polar surface area (TPSA) is 3.24 Å². The van der Waals surface area contributed by atoms with Gasteiger partial charge in [0.1, 0.15) is 0 Å². The van der Waals surface area contributed by atoms with Crippen LogP contribution in [0.4, 0.5) is 0 Å². The number of hydrogen-bond acceptors (Lipinski definition) is 1. The van der Waals surface area contributed by atoms with E-state index in [1.54, 1.807) is 0 Å². The molecule has 0 aromatic carbocycles. The van der Waals surface area contributed by atoms with E-state index in [0.717, 1.165) is 11.8 Å². The summed E-state index contributed by atoms with van der Waals surface area (Å²) in [5.74, 6) is 1.76. The third-order valence-electron chi connectivity index (χ3n) is 2.57. The SMILES string of the molecule is CCC(C)[C@H](CC)CN(C)C. The third-order valence-corrected chi connectivity index (χ3v) is 2.57. The Morgan fingerprint density at radius 1 is 1.09 bits per heavy atom. The maximum atomic E-state index is 2.36. The minimum atomic E-state index is 0.877. The summed E-state index contributed by atoms with van der Waals surface area (Å²) < 4.78 is 0. The Balaban J connectivity index is 3.74. The smallest absolute Gasteiger partial charge is 0.000600 e. The molecule has 0 saturated carbocycles. The highest BCUT2D eigenvalue weighted by Crippen LogP contribution is 2.18. The molecule has 0 heterocycles. The van der Waals surface area contributed by atoms with Gasteiger partial charge in [-0.1, -0.05) is 33.6 Å². The Morgan fingerprint density at radius 2 is 1.64 bits per heavy atom. The Hall–Kier alpha value is -0.0400. The molecule has 0 saturated heterocycles. The van der Waals surface area contributed by atoms with Crippen LogP contribution in [0.25, 0.3) is 0 Å². The minimum Gasteiger partial charge on any atom is -0.309 e. The van der Waals surface area contributed by atoms with Gasteiger partial charge in [-0.25, -0.2) is 0 Å². The first-order valence-corrected chi connectivity index (χ1v) is 4.76. The quantitative estimate of drug-likeness (QED) is 0.593. The van der Waals surface area contributed by atoms with Crippen LogP contribution >= 0.6 is 0 Å². The number of hydrogen-bond donors (Lipinski definition) is 0. The van der Waals surface area contributed by atoms with E-state index in [9.17, 15) is 0 Å². The summed E-state index contributed by atoms with van der Waals surface area (Å²) in [5.41, 5.74) is 0. The van der Waals surface area contributed by atoms with Gasteiger partial charge in [-0.15, -0.1) is 0 Å². The molecule has 0 radical (unpaired) electrons. The van der Waals surface area contributed by atoms with Crippen molar-refractivity contribution in [2.45, 2.75) is 33.6 Å². The molecular weight excluding hydrogens is 134 g/mol. The monoisotopic (exact) mass is 157 g/mol. The van der Waals surface area contributed by atoms with Crippen molar-refractivity contribution in [3.05, 3.63) is 0 Å². The maximum absolute atomic E-state index is 2.36. The molecule has 1 heteroatoms. The van der Waals surface area contributed by atoms with Crippen molar-refractivity contribution in [2.24, 2.45) is 11.8 Å². The molecule has 0 aromatic rings. The van der Waals surface area contributed by atoms with Crippen LogP contribution in [0.1, 0.15) is 33.6 Å². The summed E-state index contributed by atoms with van der Waals surface area (Å²) in [6, 6.07) is 0. The van der Waals surface area contributed by atoms with Gasteiger partial charge < -0.3 is 4.90 Å². The first kappa shape index (κ1) is 11.0. The van der Waals surface area contributed by atoms with E-state index in [1.807, 2.05) is 0 Å². The highest BCUT2D eigenvalue weighted by atomic mass is 15.1. The van der Waals surface area contributed by atoms with Gasteiger partial charge in [0.25, 0.3) is 0 Å². The van der Waals surface area contributed by atoms with Gasteiger partial charge in [-0.2, -0.15) is 0 Å². The molecule has 0 aromatic heterocycles. The summed E-state index contributed by atoms with van der Waals surface area (Å²) in [6.45, 7) is 8.17. The molecule has 1 unspecified atom stereocenters. The Bertz CT molecular complexity index is 88.9. The van der Waals surface area contributed by atoms with Crippen molar-refractivity contribution in [1.82, 2.24) is 4.90 Å². The van der Waals surface area contributed by atoms with Crippen molar-refractivity contribution in [3.63, 3.8) is 0 Å². The molecule has 0 bridgehead atoms. The van der Waals surface area contributed by atoms with Gasteiger partial charge in [0, 0.05) is 6.54 Å². The molecule has 0 aliphatic heterocycles. The molecule has 0 amide bonds. The van der Waals surface area contributed by atoms with Gasteiger partial charge in [0.15, 0.2) is 0 Å². The molecule has 0 rings (SSSR count). The highest BCUT2D eigenvalue weighted by molar-refractivity contribution is 4.65. The van der Waals surface area contributed by atoms with Crippen LogP contribution in [0.2, 0.25) is 0 Å². The Labute approximate surface area is 71.8 Å². The average Bonchev–Trinajstić information content (AvgIpc) is 1.98. The molecule has 0 fully saturated rings. The van der Waals surface area contributed by atoms with Crippen LogP contribution in [0, 0.1) is 11.8 Å². The minimum absolute atomic E-state index is 0.877. The molecule has 2 atom stereocenters. The predicted octanol–water partition coefficient (Wildman–Crippen LogP) is 2.62. The fourth-order valence-corrected chi connectivity index (χ4v) is 1.51. The van der Waals surface area contributed by atoms with Crippen molar-refractivity contribution in [2.75, 3.05) is 20.6 Å². The second-order valence-corrected chi connectivity index (χ2v) is 3.82. The van der Waals surface area contributed by atoms with Gasteiger partial charge in [0.2, 0.25) is 0 Å². The Kier molecular flexibility index (Phi) is 5.57. The van der Waals surface area contributed by atoms with Crippen LogP contribution in [0.5, 0.6) is 0 Å². The van der Waals surface area contributed by atoms with E-state index in [0.29, 0.717) is 0 Å². The lowest BCUT2D eigenvalue weighted by atomic mass is 9.89. The predicted molar refractivity (Wildman–Crippen MR) is 51.8 cm³/mol. The molecule has 1 nitrogen and oxygen atoms in total. The fraction of sp³-hybridized carbons (Fsp3) is 1.00. The second kappa shape index (κ2) is 5.59. The first-order chi connectivity index (χ1) is 5.11. The van der Waals surface area contributed by atoms with E-state index in [4.69, 9.17) is 0 Å². The molecular formula is C10H23N. The van der Waals surface area contributed by atoms with E-state index in [1.165, 1.54) is 19.4 Å². The zero-order chi connectivity index (χ0) is 8.85. The van der Waals surface area contributed by atoms with E-state index >= 15 is 0 Å². The van der Waals surface area contributed by atoms with Crippen LogP contribution < -0.4 is 0 Å². The van der Waals surface area contributed by atoms with Gasteiger partial charge >= 0.3 is 0 Å². The second-order valence-electron chi connectivity index (χ2n) is 3.82.